The second-order valence-electron chi connectivity index (χ2n) is 10.8. The fourth-order valence-electron chi connectivity index (χ4n) is 5.83. The number of amides is 1. The highest BCUT2D eigenvalue weighted by molar-refractivity contribution is 7.10. The topological polar surface area (TPSA) is 41.6 Å². The van der Waals surface area contributed by atoms with Crippen LogP contribution in [0.25, 0.3) is 0 Å². The smallest absolute Gasteiger partial charge is 0.251 e. The first-order valence-electron chi connectivity index (χ1n) is 14.2. The number of hydrogen-bond donors (Lipinski definition) is 1. The first kappa shape index (κ1) is 27.2. The van der Waals surface area contributed by atoms with Crippen molar-refractivity contribution in [3.8, 4) is 5.75 Å². The van der Waals surface area contributed by atoms with E-state index in [1.165, 1.54) is 36.1 Å². The molecule has 2 fully saturated rings. The van der Waals surface area contributed by atoms with Crippen molar-refractivity contribution in [2.45, 2.75) is 82.4 Å². The molecule has 3 aromatic rings. The van der Waals surface area contributed by atoms with Gasteiger partial charge in [0.2, 0.25) is 0 Å². The van der Waals surface area contributed by atoms with Gasteiger partial charge in [0, 0.05) is 36.1 Å². The molecule has 2 atom stereocenters. The van der Waals surface area contributed by atoms with Crippen LogP contribution in [0.3, 0.4) is 0 Å². The van der Waals surface area contributed by atoms with Crippen LogP contribution in [-0.4, -0.2) is 36.0 Å². The summed E-state index contributed by atoms with van der Waals surface area (Å²) in [6, 6.07) is 20.7. The Balaban J connectivity index is 1.09. The molecule has 2 unspecified atom stereocenters. The number of carbonyl (C=O) groups excluding carboxylic acids is 1. The van der Waals surface area contributed by atoms with E-state index in [2.05, 4.69) is 58.1 Å². The molecule has 1 amide bonds. The summed E-state index contributed by atoms with van der Waals surface area (Å²) < 4.78 is 6.38. The predicted octanol–water partition coefficient (Wildman–Crippen LogP) is 8.07. The minimum atomic E-state index is -0.0537. The van der Waals surface area contributed by atoms with Gasteiger partial charge in [-0.3, -0.25) is 9.69 Å². The van der Waals surface area contributed by atoms with E-state index in [1.807, 2.05) is 23.5 Å². The Hall–Kier alpha value is -2.34. The number of halogens is 1. The van der Waals surface area contributed by atoms with Crippen LogP contribution >= 0.6 is 22.9 Å². The summed E-state index contributed by atoms with van der Waals surface area (Å²) in [5, 5.41) is 5.93. The number of nitrogens with zero attached hydrogens (tertiary/aromatic N) is 1. The summed E-state index contributed by atoms with van der Waals surface area (Å²) in [6.07, 6.45) is 10.3. The van der Waals surface area contributed by atoms with Gasteiger partial charge in [0.25, 0.3) is 5.91 Å². The molecule has 1 aliphatic carbocycles. The van der Waals surface area contributed by atoms with E-state index < -0.39 is 0 Å². The molecule has 1 aliphatic heterocycles. The third kappa shape index (κ3) is 7.62. The lowest BCUT2D eigenvalue weighted by Crippen LogP contribution is -2.44. The van der Waals surface area contributed by atoms with Crippen molar-refractivity contribution in [3.05, 3.63) is 87.1 Å². The summed E-state index contributed by atoms with van der Waals surface area (Å²) in [5.41, 5.74) is 1.94. The summed E-state index contributed by atoms with van der Waals surface area (Å²) in [4.78, 5) is 17.0. The van der Waals surface area contributed by atoms with Crippen LogP contribution in [0.15, 0.2) is 66.0 Å². The molecule has 0 radical (unpaired) electrons. The van der Waals surface area contributed by atoms with E-state index in [9.17, 15) is 4.79 Å². The molecule has 202 valence electrons. The summed E-state index contributed by atoms with van der Waals surface area (Å²) in [6.45, 7) is 2.94. The van der Waals surface area contributed by atoms with Gasteiger partial charge < -0.3 is 10.1 Å². The quantitative estimate of drug-likeness (QED) is 0.323. The number of nitrogens with one attached hydrogen (secondary N) is 1. The average molecular weight is 551 g/mol. The molecule has 2 aromatic carbocycles. The van der Waals surface area contributed by atoms with Gasteiger partial charge in [-0.2, -0.15) is 0 Å². The van der Waals surface area contributed by atoms with Gasteiger partial charge in [-0.05, 0) is 92.5 Å². The molecular weight excluding hydrogens is 512 g/mol. The normalized spacial score (nSPS) is 21.7. The Labute approximate surface area is 236 Å². The highest BCUT2D eigenvalue weighted by atomic mass is 35.5. The van der Waals surface area contributed by atoms with Crippen molar-refractivity contribution in [1.82, 2.24) is 10.2 Å². The minimum absolute atomic E-state index is 0.0537. The van der Waals surface area contributed by atoms with Crippen LogP contribution in [-0.2, 0) is 6.54 Å². The number of ether oxygens (including phenoxy) is 1. The number of piperidine rings is 1. The molecule has 1 N–H and O–H groups in total. The lowest BCUT2D eigenvalue weighted by Gasteiger charge is -2.32. The maximum absolute atomic E-state index is 13.0. The fraction of sp³-hybridized carbons (Fsp3) is 0.469. The largest absolute Gasteiger partial charge is 0.489 e. The molecule has 2 heterocycles. The third-order valence-corrected chi connectivity index (χ3v) is 9.34. The highest BCUT2D eigenvalue weighted by Crippen LogP contribution is 2.34. The van der Waals surface area contributed by atoms with E-state index in [0.717, 1.165) is 51.7 Å². The highest BCUT2D eigenvalue weighted by Gasteiger charge is 2.23. The maximum atomic E-state index is 13.0. The zero-order chi connectivity index (χ0) is 26.2. The molecule has 0 bridgehead atoms. The molecule has 4 nitrogen and oxygen atoms in total. The van der Waals surface area contributed by atoms with Gasteiger partial charge in [-0.15, -0.1) is 11.3 Å². The van der Waals surface area contributed by atoms with Crippen molar-refractivity contribution in [3.63, 3.8) is 0 Å². The van der Waals surface area contributed by atoms with Crippen molar-refractivity contribution in [1.29, 1.82) is 0 Å². The van der Waals surface area contributed by atoms with Crippen LogP contribution in [0.1, 0.15) is 84.5 Å². The fourth-order valence-corrected chi connectivity index (χ4v) is 6.96. The lowest BCUT2D eigenvalue weighted by molar-refractivity contribution is 0.0909. The van der Waals surface area contributed by atoms with Gasteiger partial charge in [0.05, 0.1) is 11.1 Å². The molecular formula is C32H39ClN2O2S. The second kappa shape index (κ2) is 13.6. The number of thiophene rings is 1. The van der Waals surface area contributed by atoms with Crippen molar-refractivity contribution in [2.24, 2.45) is 0 Å². The lowest BCUT2D eigenvalue weighted by atomic mass is 9.95. The summed E-state index contributed by atoms with van der Waals surface area (Å²) in [5.74, 6) is 1.32. The molecule has 38 heavy (non-hydrogen) atoms. The van der Waals surface area contributed by atoms with Crippen LogP contribution in [0.5, 0.6) is 5.75 Å². The molecule has 5 rings (SSSR count). The number of benzene rings is 2. The van der Waals surface area contributed by atoms with Crippen LogP contribution in [0.4, 0.5) is 0 Å². The molecule has 0 spiro atoms. The number of rotatable bonds is 7. The number of likely N-dealkylation sites (tertiary alicyclic amines) is 1. The van der Waals surface area contributed by atoms with Crippen molar-refractivity contribution in [2.75, 3.05) is 13.1 Å². The second-order valence-corrected chi connectivity index (χ2v) is 12.2. The Kier molecular flexibility index (Phi) is 9.77. The number of hydrogen-bond acceptors (Lipinski definition) is 4. The first-order valence-corrected chi connectivity index (χ1v) is 15.5. The zero-order valence-corrected chi connectivity index (χ0v) is 23.7. The molecule has 1 aromatic heterocycles. The van der Waals surface area contributed by atoms with Gasteiger partial charge in [0.15, 0.2) is 0 Å². The summed E-state index contributed by atoms with van der Waals surface area (Å²) >= 11 is 8.51. The molecule has 2 aliphatic rings. The van der Waals surface area contributed by atoms with Crippen LogP contribution < -0.4 is 10.1 Å². The van der Waals surface area contributed by atoms with Gasteiger partial charge in [-0.25, -0.2) is 0 Å². The Morgan fingerprint density at radius 2 is 1.68 bits per heavy atom. The average Bonchev–Trinajstić information content (AvgIpc) is 3.50. The zero-order valence-electron chi connectivity index (χ0n) is 22.1. The van der Waals surface area contributed by atoms with E-state index in [4.69, 9.17) is 16.3 Å². The van der Waals surface area contributed by atoms with E-state index in [0.29, 0.717) is 22.3 Å². The third-order valence-electron chi connectivity index (χ3n) is 8.01. The standard InChI is InChI=1S/C32H39ClN2O2S/c33-29-22-26(32(36)34-27-17-19-35(20-18-27)23-24-8-2-1-3-9-24)15-16-30(29)37-28-12-5-4-10-25(11-6-13-28)31-14-7-21-38-31/h1-3,7-9,14-16,21-22,25,27-28H,4-6,10-13,17-20,23H2,(H,34,36). The maximum Gasteiger partial charge on any atom is 0.251 e. The van der Waals surface area contributed by atoms with Crippen LogP contribution in [0.2, 0.25) is 5.02 Å². The van der Waals surface area contributed by atoms with Gasteiger partial charge in [0.1, 0.15) is 5.75 Å². The Bertz CT molecular complexity index is 1150. The van der Waals surface area contributed by atoms with E-state index in [-0.39, 0.29) is 18.1 Å². The molecule has 1 saturated heterocycles. The van der Waals surface area contributed by atoms with Crippen molar-refractivity contribution >= 4 is 28.8 Å². The Morgan fingerprint density at radius 1 is 0.921 bits per heavy atom. The summed E-state index contributed by atoms with van der Waals surface area (Å²) in [7, 11) is 0. The predicted molar refractivity (Wildman–Crippen MR) is 157 cm³/mol. The van der Waals surface area contributed by atoms with E-state index in [1.54, 1.807) is 6.07 Å². The minimum Gasteiger partial charge on any atom is -0.489 e. The van der Waals surface area contributed by atoms with Crippen LogP contribution in [0, 0.1) is 0 Å². The molecule has 1 saturated carbocycles. The van der Waals surface area contributed by atoms with E-state index >= 15 is 0 Å². The first-order chi connectivity index (χ1) is 18.6. The monoisotopic (exact) mass is 550 g/mol. The van der Waals surface area contributed by atoms with Crippen molar-refractivity contribution < 1.29 is 9.53 Å². The van der Waals surface area contributed by atoms with Gasteiger partial charge in [-0.1, -0.05) is 54.4 Å². The van der Waals surface area contributed by atoms with Gasteiger partial charge >= 0.3 is 0 Å². The number of carbonyl (C=O) groups is 1. The molecule has 6 heteroatoms. The SMILES string of the molecule is O=C(NC1CCN(Cc2ccccc2)CC1)c1ccc(OC2CCCCC(c3cccs3)CCC2)c(Cl)c1. The Morgan fingerprint density at radius 3 is 2.45 bits per heavy atom.